The molecule has 6 heteroatoms. The molecule has 0 bridgehead atoms. The Morgan fingerprint density at radius 3 is 2.74 bits per heavy atom. The van der Waals surface area contributed by atoms with Crippen LogP contribution in [0.5, 0.6) is 0 Å². The Morgan fingerprint density at radius 2 is 1.90 bits per heavy atom. The van der Waals surface area contributed by atoms with E-state index < -0.39 is 0 Å². The Labute approximate surface area is 186 Å². The average molecular weight is 421 g/mol. The van der Waals surface area contributed by atoms with Gasteiger partial charge in [0, 0.05) is 50.9 Å². The highest BCUT2D eigenvalue weighted by Crippen LogP contribution is 2.32. The van der Waals surface area contributed by atoms with Crippen LogP contribution >= 0.6 is 0 Å². The van der Waals surface area contributed by atoms with Gasteiger partial charge in [0.05, 0.1) is 5.69 Å². The summed E-state index contributed by atoms with van der Waals surface area (Å²) in [4.78, 5) is 14.6. The molecule has 0 amide bonds. The van der Waals surface area contributed by atoms with Crippen molar-refractivity contribution in [2.24, 2.45) is 5.92 Å². The molecular weight excluding hydrogens is 384 g/mol. The maximum atomic E-state index is 5.01. The molecule has 6 nitrogen and oxygen atoms in total. The highest BCUT2D eigenvalue weighted by molar-refractivity contribution is 5.33. The van der Waals surface area contributed by atoms with Crippen molar-refractivity contribution < 1.29 is 0 Å². The van der Waals surface area contributed by atoms with Gasteiger partial charge in [-0.25, -0.2) is 9.97 Å². The van der Waals surface area contributed by atoms with Crippen LogP contribution in [-0.4, -0.2) is 60.2 Å². The summed E-state index contributed by atoms with van der Waals surface area (Å²) < 4.78 is 0. The Balaban J connectivity index is 1.25. The van der Waals surface area contributed by atoms with Gasteiger partial charge < -0.3 is 9.80 Å². The lowest BCUT2D eigenvalue weighted by Gasteiger charge is -2.38. The molecule has 2 aromatic rings. The summed E-state index contributed by atoms with van der Waals surface area (Å²) in [5.41, 5.74) is 9.70. The van der Waals surface area contributed by atoms with Crippen LogP contribution in [0.4, 0.5) is 5.95 Å². The summed E-state index contributed by atoms with van der Waals surface area (Å²) in [5, 5.41) is 0. The van der Waals surface area contributed by atoms with Gasteiger partial charge in [0.2, 0.25) is 5.95 Å². The molecule has 4 unspecified atom stereocenters. The molecular formula is C25H36N6. The molecule has 3 aliphatic heterocycles. The molecule has 4 heterocycles. The van der Waals surface area contributed by atoms with Gasteiger partial charge in [0.1, 0.15) is 0 Å². The first-order valence-electron chi connectivity index (χ1n) is 12.1. The normalized spacial score (nSPS) is 28.2. The Hall–Kier alpha value is -2.02. The van der Waals surface area contributed by atoms with Gasteiger partial charge in [0.25, 0.3) is 0 Å². The van der Waals surface area contributed by atoms with Gasteiger partial charge in [-0.05, 0) is 55.7 Å². The van der Waals surface area contributed by atoms with Crippen LogP contribution in [0.1, 0.15) is 55.7 Å². The van der Waals surface area contributed by atoms with Crippen molar-refractivity contribution in [3.63, 3.8) is 0 Å². The van der Waals surface area contributed by atoms with Crippen LogP contribution in [0.15, 0.2) is 42.6 Å². The number of benzene rings is 1. The third-order valence-corrected chi connectivity index (χ3v) is 7.41. The van der Waals surface area contributed by atoms with Gasteiger partial charge in [-0.2, -0.15) is 0 Å². The van der Waals surface area contributed by atoms with Gasteiger partial charge in [-0.3, -0.25) is 10.9 Å². The van der Waals surface area contributed by atoms with Crippen molar-refractivity contribution in [3.05, 3.63) is 53.9 Å². The van der Waals surface area contributed by atoms with E-state index in [-0.39, 0.29) is 0 Å². The van der Waals surface area contributed by atoms with E-state index in [0.29, 0.717) is 23.8 Å². The van der Waals surface area contributed by atoms with E-state index in [1.54, 1.807) is 0 Å². The largest absolute Gasteiger partial charge is 0.341 e. The molecule has 5 rings (SSSR count). The minimum absolute atomic E-state index is 0.404. The lowest BCUT2D eigenvalue weighted by Crippen LogP contribution is -2.47. The molecule has 0 radical (unpaired) electrons. The summed E-state index contributed by atoms with van der Waals surface area (Å²) in [5.74, 6) is 2.53. The molecule has 0 aliphatic carbocycles. The van der Waals surface area contributed by atoms with E-state index in [1.807, 2.05) is 6.20 Å². The number of likely N-dealkylation sites (tertiary alicyclic amines) is 1. The number of hydrogen-bond acceptors (Lipinski definition) is 6. The molecule has 3 saturated heterocycles. The monoisotopic (exact) mass is 420 g/mol. The molecule has 0 saturated carbocycles. The summed E-state index contributed by atoms with van der Waals surface area (Å²) >= 11 is 0. The van der Waals surface area contributed by atoms with Gasteiger partial charge in [0.15, 0.2) is 0 Å². The molecule has 31 heavy (non-hydrogen) atoms. The SMILES string of the molecule is CC(CN1CCCC(C2NNCC2c2ccnc(N3CCCC3)n2)C1)c1ccccc1. The van der Waals surface area contributed by atoms with Crippen LogP contribution in [0.3, 0.4) is 0 Å². The number of rotatable bonds is 6. The van der Waals surface area contributed by atoms with E-state index in [0.717, 1.165) is 38.7 Å². The lowest BCUT2D eigenvalue weighted by atomic mass is 9.82. The van der Waals surface area contributed by atoms with E-state index in [9.17, 15) is 0 Å². The van der Waals surface area contributed by atoms with E-state index in [1.165, 1.54) is 43.5 Å². The van der Waals surface area contributed by atoms with E-state index >= 15 is 0 Å². The fraction of sp³-hybridized carbons (Fsp3) is 0.600. The maximum absolute atomic E-state index is 5.01. The third kappa shape index (κ3) is 4.76. The van der Waals surface area contributed by atoms with Crippen molar-refractivity contribution >= 4 is 5.95 Å². The van der Waals surface area contributed by atoms with Crippen molar-refractivity contribution in [2.75, 3.05) is 44.2 Å². The fourth-order valence-corrected chi connectivity index (χ4v) is 5.71. The smallest absolute Gasteiger partial charge is 0.225 e. The highest BCUT2D eigenvalue weighted by atomic mass is 15.4. The molecule has 1 aromatic carbocycles. The van der Waals surface area contributed by atoms with Crippen molar-refractivity contribution in [1.29, 1.82) is 0 Å². The van der Waals surface area contributed by atoms with Crippen LogP contribution in [-0.2, 0) is 0 Å². The van der Waals surface area contributed by atoms with Crippen LogP contribution in [0.25, 0.3) is 0 Å². The standard InChI is InChI=1S/C25H36N6/c1-19(20-8-3-2-4-9-20)17-30-13-7-10-21(18-30)24-22(16-27-29-24)23-11-12-26-25(28-23)31-14-5-6-15-31/h2-4,8-9,11-12,19,21-22,24,27,29H,5-7,10,13-18H2,1H3. The summed E-state index contributed by atoms with van der Waals surface area (Å²) in [6, 6.07) is 13.5. The first-order chi connectivity index (χ1) is 15.3. The molecule has 1 aromatic heterocycles. The molecule has 166 valence electrons. The number of hydrogen-bond donors (Lipinski definition) is 2. The highest BCUT2D eigenvalue weighted by Gasteiger charge is 2.38. The zero-order valence-corrected chi connectivity index (χ0v) is 18.7. The average Bonchev–Trinajstić information content (AvgIpc) is 3.52. The second kappa shape index (κ2) is 9.63. The quantitative estimate of drug-likeness (QED) is 0.749. The minimum Gasteiger partial charge on any atom is -0.341 e. The topological polar surface area (TPSA) is 56.3 Å². The predicted molar refractivity (Wildman–Crippen MR) is 125 cm³/mol. The molecule has 3 fully saturated rings. The molecule has 0 spiro atoms. The van der Waals surface area contributed by atoms with Crippen LogP contribution < -0.4 is 15.8 Å². The third-order valence-electron chi connectivity index (χ3n) is 7.41. The first kappa shape index (κ1) is 20.9. The number of hydrazine groups is 1. The predicted octanol–water partition coefficient (Wildman–Crippen LogP) is 3.15. The maximum Gasteiger partial charge on any atom is 0.225 e. The summed E-state index contributed by atoms with van der Waals surface area (Å²) in [6.45, 7) is 8.99. The zero-order chi connectivity index (χ0) is 21.0. The first-order valence-corrected chi connectivity index (χ1v) is 12.1. The fourth-order valence-electron chi connectivity index (χ4n) is 5.71. The van der Waals surface area contributed by atoms with Gasteiger partial charge in [-0.15, -0.1) is 0 Å². The van der Waals surface area contributed by atoms with Gasteiger partial charge in [-0.1, -0.05) is 37.3 Å². The van der Waals surface area contributed by atoms with E-state index in [2.05, 4.69) is 69.0 Å². The van der Waals surface area contributed by atoms with Crippen LogP contribution in [0, 0.1) is 5.92 Å². The van der Waals surface area contributed by atoms with E-state index in [4.69, 9.17) is 4.98 Å². The zero-order valence-electron chi connectivity index (χ0n) is 18.7. The number of piperidine rings is 1. The second-order valence-electron chi connectivity index (χ2n) is 9.61. The Kier molecular flexibility index (Phi) is 6.48. The van der Waals surface area contributed by atoms with Crippen LogP contribution in [0.2, 0.25) is 0 Å². The number of nitrogens with zero attached hydrogens (tertiary/aromatic N) is 4. The van der Waals surface area contributed by atoms with Crippen molar-refractivity contribution in [2.45, 2.75) is 50.5 Å². The Morgan fingerprint density at radius 1 is 1.06 bits per heavy atom. The number of aromatic nitrogens is 2. The second-order valence-corrected chi connectivity index (χ2v) is 9.61. The minimum atomic E-state index is 0.404. The van der Waals surface area contributed by atoms with Gasteiger partial charge >= 0.3 is 0 Å². The van der Waals surface area contributed by atoms with Crippen molar-refractivity contribution in [1.82, 2.24) is 25.7 Å². The summed E-state index contributed by atoms with van der Waals surface area (Å²) in [6.07, 6.45) is 7.03. The van der Waals surface area contributed by atoms with Crippen molar-refractivity contribution in [3.8, 4) is 0 Å². The lowest BCUT2D eigenvalue weighted by molar-refractivity contribution is 0.140. The number of nitrogens with one attached hydrogen (secondary N) is 2. The Bertz CT molecular complexity index is 837. The number of anilines is 1. The summed E-state index contributed by atoms with van der Waals surface area (Å²) in [7, 11) is 0. The molecule has 4 atom stereocenters. The molecule has 3 aliphatic rings. The molecule has 2 N–H and O–H groups in total.